The Hall–Kier alpha value is -4.17. The van der Waals surface area contributed by atoms with Crippen LogP contribution in [0.3, 0.4) is 0 Å². The van der Waals surface area contributed by atoms with Gasteiger partial charge in [-0.05, 0) is 45.9 Å². The molecule has 8 nitrogen and oxygen atoms in total. The van der Waals surface area contributed by atoms with E-state index < -0.39 is 4.92 Å². The fourth-order valence-corrected chi connectivity index (χ4v) is 3.61. The Balaban J connectivity index is 1.16. The summed E-state index contributed by atoms with van der Waals surface area (Å²) in [5, 5.41) is 10.9. The molecule has 0 spiro atoms. The Bertz CT molecular complexity index is 1240. The van der Waals surface area contributed by atoms with Crippen LogP contribution < -0.4 is 9.47 Å². The normalized spacial score (nSPS) is 14.8. The van der Waals surface area contributed by atoms with Gasteiger partial charge in [-0.3, -0.25) is 4.57 Å². The largest absolute Gasteiger partial charge is 0.457 e. The predicted molar refractivity (Wildman–Crippen MR) is 121 cm³/mol. The Labute approximate surface area is 190 Å². The summed E-state index contributed by atoms with van der Waals surface area (Å²) in [7, 11) is 0. The highest BCUT2D eigenvalue weighted by Gasteiger charge is 2.28. The molecule has 33 heavy (non-hydrogen) atoms. The minimum absolute atomic E-state index is 0.205. The van der Waals surface area contributed by atoms with Crippen LogP contribution in [-0.4, -0.2) is 27.2 Å². The summed E-state index contributed by atoms with van der Waals surface area (Å²) in [5.74, 6) is 1.37. The summed E-state index contributed by atoms with van der Waals surface area (Å²) in [4.78, 5) is 14.2. The van der Waals surface area contributed by atoms with Crippen LogP contribution in [0.1, 0.15) is 5.56 Å². The van der Waals surface area contributed by atoms with Gasteiger partial charge in [-0.15, -0.1) is 0 Å². The molecule has 5 rings (SSSR count). The van der Waals surface area contributed by atoms with Crippen molar-refractivity contribution >= 4 is 5.82 Å². The molecule has 0 bridgehead atoms. The molecule has 0 aliphatic carbocycles. The van der Waals surface area contributed by atoms with Gasteiger partial charge < -0.3 is 24.3 Å². The number of hydrogen-bond acceptors (Lipinski definition) is 6. The van der Waals surface area contributed by atoms with Crippen molar-refractivity contribution in [1.29, 1.82) is 0 Å². The number of imidazole rings is 1. The van der Waals surface area contributed by atoms with Crippen LogP contribution in [0, 0.1) is 10.1 Å². The standard InChI is InChI=1S/C25H21N3O5/c29-28(30)24-15-27-14-23(17-32-25(27)26-24)31-16-18-6-8-19(9-7-18)20-10-12-22(13-11-20)33-21-4-2-1-3-5-21/h1-13,15,23H,14,16-17H2/t23-/m0/s1. The summed E-state index contributed by atoms with van der Waals surface area (Å²) in [6, 6.07) is 26.1. The molecular weight excluding hydrogens is 422 g/mol. The van der Waals surface area contributed by atoms with Gasteiger partial charge in [0.25, 0.3) is 0 Å². The summed E-state index contributed by atoms with van der Waals surface area (Å²) in [6.45, 7) is 1.19. The van der Waals surface area contributed by atoms with E-state index in [1.807, 2.05) is 66.7 Å². The van der Waals surface area contributed by atoms with E-state index in [9.17, 15) is 10.1 Å². The van der Waals surface area contributed by atoms with Gasteiger partial charge in [-0.2, -0.15) is 0 Å². The number of hydrogen-bond donors (Lipinski definition) is 0. The van der Waals surface area contributed by atoms with Crippen molar-refractivity contribution in [2.24, 2.45) is 0 Å². The van der Waals surface area contributed by atoms with Crippen molar-refractivity contribution in [2.45, 2.75) is 19.3 Å². The quantitative estimate of drug-likeness (QED) is 0.287. The predicted octanol–water partition coefficient (Wildman–Crippen LogP) is 5.23. The lowest BCUT2D eigenvalue weighted by Gasteiger charge is -2.22. The van der Waals surface area contributed by atoms with E-state index in [0.29, 0.717) is 19.8 Å². The molecule has 0 saturated carbocycles. The van der Waals surface area contributed by atoms with Crippen LogP contribution in [0.15, 0.2) is 85.1 Å². The lowest BCUT2D eigenvalue weighted by Crippen LogP contribution is -2.32. The van der Waals surface area contributed by atoms with Gasteiger partial charge in [0.05, 0.1) is 13.2 Å². The van der Waals surface area contributed by atoms with Gasteiger partial charge in [-0.1, -0.05) is 54.6 Å². The van der Waals surface area contributed by atoms with Gasteiger partial charge in [-0.25, -0.2) is 0 Å². The molecule has 2 heterocycles. The third kappa shape index (κ3) is 4.86. The van der Waals surface area contributed by atoms with Crippen LogP contribution in [0.5, 0.6) is 17.5 Å². The van der Waals surface area contributed by atoms with Crippen molar-refractivity contribution in [3.63, 3.8) is 0 Å². The molecule has 1 aliphatic rings. The van der Waals surface area contributed by atoms with Gasteiger partial charge >= 0.3 is 11.8 Å². The fraction of sp³-hybridized carbons (Fsp3) is 0.160. The van der Waals surface area contributed by atoms with Gasteiger partial charge in [0.1, 0.15) is 30.4 Å². The van der Waals surface area contributed by atoms with Crippen LogP contribution in [-0.2, 0) is 17.9 Å². The van der Waals surface area contributed by atoms with Crippen LogP contribution in [0.4, 0.5) is 5.82 Å². The highest BCUT2D eigenvalue weighted by Crippen LogP contribution is 2.27. The molecule has 3 aromatic carbocycles. The minimum atomic E-state index is -0.532. The van der Waals surface area contributed by atoms with Crippen molar-refractivity contribution in [3.8, 4) is 28.6 Å². The number of rotatable bonds is 7. The van der Waals surface area contributed by atoms with Crippen LogP contribution in [0.25, 0.3) is 11.1 Å². The fourth-order valence-electron chi connectivity index (χ4n) is 3.61. The lowest BCUT2D eigenvalue weighted by molar-refractivity contribution is -0.389. The minimum Gasteiger partial charge on any atom is -0.457 e. The maximum Gasteiger partial charge on any atom is 0.414 e. The Morgan fingerprint density at radius 3 is 2.33 bits per heavy atom. The smallest absolute Gasteiger partial charge is 0.414 e. The van der Waals surface area contributed by atoms with E-state index in [1.165, 1.54) is 6.20 Å². The number of fused-ring (bicyclic) bond motifs is 1. The number of aromatic nitrogens is 2. The first kappa shape index (κ1) is 20.7. The zero-order valence-corrected chi connectivity index (χ0v) is 17.7. The zero-order valence-electron chi connectivity index (χ0n) is 17.7. The lowest BCUT2D eigenvalue weighted by atomic mass is 10.0. The van der Waals surface area contributed by atoms with E-state index in [-0.39, 0.29) is 17.9 Å². The molecule has 166 valence electrons. The molecular formula is C25H21N3O5. The van der Waals surface area contributed by atoms with Crippen LogP contribution in [0.2, 0.25) is 0 Å². The Morgan fingerprint density at radius 1 is 0.970 bits per heavy atom. The highest BCUT2D eigenvalue weighted by atomic mass is 16.6. The molecule has 0 unspecified atom stereocenters. The second-order valence-corrected chi connectivity index (χ2v) is 7.67. The molecule has 1 atom stereocenters. The van der Waals surface area contributed by atoms with Crippen molar-refractivity contribution < 1.29 is 19.1 Å². The summed E-state index contributed by atoms with van der Waals surface area (Å²) in [5.41, 5.74) is 3.23. The SMILES string of the molecule is O=[N+]([O-])c1cn2c(n1)OC[C@@H](OCc1ccc(-c3ccc(Oc4ccccc4)cc3)cc1)C2. The van der Waals surface area contributed by atoms with Crippen molar-refractivity contribution in [2.75, 3.05) is 6.61 Å². The average molecular weight is 443 g/mol. The second kappa shape index (κ2) is 9.13. The first-order valence-electron chi connectivity index (χ1n) is 10.5. The number of benzene rings is 3. The first-order chi connectivity index (χ1) is 16.1. The van der Waals surface area contributed by atoms with E-state index >= 15 is 0 Å². The second-order valence-electron chi connectivity index (χ2n) is 7.67. The molecule has 0 amide bonds. The molecule has 0 saturated heterocycles. The molecule has 0 radical (unpaired) electrons. The first-order valence-corrected chi connectivity index (χ1v) is 10.5. The van der Waals surface area contributed by atoms with Crippen molar-refractivity contribution in [1.82, 2.24) is 9.55 Å². The third-order valence-electron chi connectivity index (χ3n) is 5.32. The van der Waals surface area contributed by atoms with E-state index in [4.69, 9.17) is 14.2 Å². The van der Waals surface area contributed by atoms with E-state index in [2.05, 4.69) is 17.1 Å². The van der Waals surface area contributed by atoms with E-state index in [0.717, 1.165) is 28.2 Å². The average Bonchev–Trinajstić information content (AvgIpc) is 3.28. The van der Waals surface area contributed by atoms with Crippen LogP contribution >= 0.6 is 0 Å². The Morgan fingerprint density at radius 2 is 1.64 bits per heavy atom. The van der Waals surface area contributed by atoms with Gasteiger partial charge in [0.2, 0.25) is 0 Å². The van der Waals surface area contributed by atoms with Crippen molar-refractivity contribution in [3.05, 3.63) is 101 Å². The molecule has 1 aromatic heterocycles. The highest BCUT2D eigenvalue weighted by molar-refractivity contribution is 5.64. The molecule has 8 heteroatoms. The number of nitrogens with zero attached hydrogens (tertiary/aromatic N) is 3. The number of para-hydroxylation sites is 1. The Kier molecular flexibility index (Phi) is 5.73. The molecule has 4 aromatic rings. The number of ether oxygens (including phenoxy) is 3. The zero-order chi connectivity index (χ0) is 22.6. The number of nitro groups is 1. The summed E-state index contributed by atoms with van der Waals surface area (Å²) in [6.07, 6.45) is 1.17. The topological polar surface area (TPSA) is 88.7 Å². The summed E-state index contributed by atoms with van der Waals surface area (Å²) < 4.78 is 18.9. The maximum atomic E-state index is 10.9. The van der Waals surface area contributed by atoms with E-state index in [1.54, 1.807) is 4.57 Å². The molecule has 0 N–H and O–H groups in total. The maximum absolute atomic E-state index is 10.9. The summed E-state index contributed by atoms with van der Waals surface area (Å²) >= 11 is 0. The molecule has 0 fully saturated rings. The molecule has 1 aliphatic heterocycles. The van der Waals surface area contributed by atoms with Gasteiger partial charge in [0.15, 0.2) is 0 Å². The monoisotopic (exact) mass is 443 g/mol. The van der Waals surface area contributed by atoms with Gasteiger partial charge in [0, 0.05) is 4.98 Å². The third-order valence-corrected chi connectivity index (χ3v) is 5.32.